The molecule has 512 valence electrons. The number of allylic oxidation sites excluding steroid dienone is 1. The predicted octanol–water partition coefficient (Wildman–Crippen LogP) is 3.76. The smallest absolute Gasteiger partial charge is 0.246 e. The number of hydrogen-bond acceptors (Lipinski definition) is 13. The van der Waals surface area contributed by atoms with E-state index in [9.17, 15) is 29.1 Å². The van der Waals surface area contributed by atoms with Crippen LogP contribution in [0.1, 0.15) is 150 Å². The van der Waals surface area contributed by atoms with E-state index in [1.165, 1.54) is 92.8 Å². The van der Waals surface area contributed by atoms with Crippen molar-refractivity contribution in [1.82, 2.24) is 55.6 Å². The number of ether oxygens (including phenoxy) is 1. The zero-order valence-corrected chi connectivity index (χ0v) is 58.6. The van der Waals surface area contributed by atoms with Gasteiger partial charge in [0.05, 0.1) is 18.8 Å². The van der Waals surface area contributed by atoms with Crippen molar-refractivity contribution in [2.75, 3.05) is 55.4 Å². The van der Waals surface area contributed by atoms with Crippen LogP contribution in [0.15, 0.2) is 37.5 Å². The lowest BCUT2D eigenvalue weighted by atomic mass is 9.93. The number of carbonyl (C=O) groups excluding carboxylic acids is 11. The fraction of sp³-hybridized carbons (Fsp3) is 0.742. The molecule has 0 aromatic heterocycles. The van der Waals surface area contributed by atoms with E-state index in [2.05, 4.69) is 34.4 Å². The number of rotatable bonds is 19. The number of likely N-dealkylation sites (N-methyl/N-ethyl adjacent to an activating group) is 6. The summed E-state index contributed by atoms with van der Waals surface area (Å²) in [4.78, 5) is 172. The summed E-state index contributed by atoms with van der Waals surface area (Å²) in [6.07, 6.45) is 3.91. The van der Waals surface area contributed by atoms with Crippen LogP contribution in [0.3, 0.4) is 0 Å². The molecule has 1 aliphatic heterocycles. The maximum Gasteiger partial charge on any atom is 0.246 e. The van der Waals surface area contributed by atoms with Crippen LogP contribution in [0.5, 0.6) is 0 Å². The molecule has 90 heavy (non-hydrogen) atoms. The number of hydrogen-bond donors (Lipinski definition) is 5. The molecule has 1 unspecified atom stereocenters. The Balaban J connectivity index is 4.54. The van der Waals surface area contributed by atoms with Crippen LogP contribution in [0.25, 0.3) is 0 Å². The zero-order valence-electron chi connectivity index (χ0n) is 58.6. The standard InChI is InChI=1S/C66H115N11O13/c1-26-31-42(16)55(78)54-59(82)69-46(29-4)61(84)77(32-27-2)47(30-5)62(85)75(24)53(45(19)90-33-28-3)58(81)70-51(40(12)13)65(88)71(20)48(34-37(6)7)57(80)67-43(17)56(79)68-44(18)60(83)72(21)49(35-38(8)9)63(86)73(22)50(36-39(10)11)64(87)74(23)52(41(14)15)66(89)76(54)25/h26-28,31,37-55,78H,2-3,29-30,32-36H2,1,4-25H3,(H,67,80)(H,68,79)(H,69,82)(H,70,81)/b31-26+/t42-,43+,44-,45-,46+,47-,48+,49+,50+,51+,52+,53?,54+,55-/m1/s1. The average Bonchev–Trinajstić information content (AvgIpc) is 0.884. The summed E-state index contributed by atoms with van der Waals surface area (Å²) < 4.78 is 6.00. The summed E-state index contributed by atoms with van der Waals surface area (Å²) in [6, 6.07) is -14.4. The van der Waals surface area contributed by atoms with Gasteiger partial charge in [0.1, 0.15) is 66.5 Å². The molecule has 0 bridgehead atoms. The molecular formula is C66H115N11O13. The molecule has 0 aliphatic carbocycles. The average molecular weight is 1270 g/mol. The summed E-state index contributed by atoms with van der Waals surface area (Å²) in [6.45, 7) is 36.4. The third-order valence-electron chi connectivity index (χ3n) is 16.8. The maximum atomic E-state index is 15.3. The molecule has 0 saturated carbocycles. The highest BCUT2D eigenvalue weighted by Gasteiger charge is 2.47. The van der Waals surface area contributed by atoms with E-state index in [1.807, 2.05) is 41.5 Å². The lowest BCUT2D eigenvalue weighted by Gasteiger charge is -2.41. The van der Waals surface area contributed by atoms with Crippen LogP contribution >= 0.6 is 0 Å². The number of carbonyl (C=O) groups is 11. The van der Waals surface area contributed by atoms with Gasteiger partial charge in [0.25, 0.3) is 0 Å². The molecule has 0 spiro atoms. The van der Waals surface area contributed by atoms with Gasteiger partial charge in [-0.05, 0) is 89.4 Å². The van der Waals surface area contributed by atoms with Gasteiger partial charge >= 0.3 is 0 Å². The Kier molecular flexibility index (Phi) is 34.0. The van der Waals surface area contributed by atoms with E-state index >= 15 is 28.8 Å². The van der Waals surface area contributed by atoms with Crippen molar-refractivity contribution in [3.05, 3.63) is 37.5 Å². The summed E-state index contributed by atoms with van der Waals surface area (Å²) in [5, 5.41) is 23.1. The van der Waals surface area contributed by atoms with E-state index in [0.717, 1.165) is 9.80 Å². The van der Waals surface area contributed by atoms with Gasteiger partial charge in [0, 0.05) is 54.7 Å². The summed E-state index contributed by atoms with van der Waals surface area (Å²) in [7, 11) is 8.42. The van der Waals surface area contributed by atoms with Gasteiger partial charge in [-0.25, -0.2) is 0 Å². The first-order chi connectivity index (χ1) is 41.8. The summed E-state index contributed by atoms with van der Waals surface area (Å²) >= 11 is 0. The summed E-state index contributed by atoms with van der Waals surface area (Å²) in [5.41, 5.74) is 0. The molecule has 14 atom stereocenters. The monoisotopic (exact) mass is 1270 g/mol. The van der Waals surface area contributed by atoms with E-state index in [-0.39, 0.29) is 63.0 Å². The predicted molar refractivity (Wildman–Crippen MR) is 348 cm³/mol. The van der Waals surface area contributed by atoms with E-state index in [0.29, 0.717) is 0 Å². The van der Waals surface area contributed by atoms with Crippen LogP contribution < -0.4 is 21.3 Å². The van der Waals surface area contributed by atoms with Gasteiger partial charge < -0.3 is 65.4 Å². The molecule has 0 aromatic rings. The minimum absolute atomic E-state index is 0.00216. The topological polar surface area (TPSA) is 288 Å². The Hall–Kier alpha value is -6.69. The first-order valence-corrected chi connectivity index (χ1v) is 32.0. The Labute approximate surface area is 538 Å². The first kappa shape index (κ1) is 81.3. The molecule has 1 aliphatic rings. The third kappa shape index (κ3) is 21.7. The van der Waals surface area contributed by atoms with Crippen molar-refractivity contribution in [3.63, 3.8) is 0 Å². The van der Waals surface area contributed by atoms with Crippen molar-refractivity contribution < 1.29 is 62.6 Å². The second-order valence-corrected chi connectivity index (χ2v) is 26.3. The second kappa shape index (κ2) is 37.6. The first-order valence-electron chi connectivity index (χ1n) is 32.0. The molecule has 1 rings (SSSR count). The maximum absolute atomic E-state index is 15.3. The highest BCUT2D eigenvalue weighted by atomic mass is 16.5. The zero-order chi connectivity index (χ0) is 69.7. The molecule has 11 amide bonds. The molecule has 1 heterocycles. The molecule has 24 nitrogen and oxygen atoms in total. The lowest BCUT2D eigenvalue weighted by Crippen LogP contribution is -2.64. The van der Waals surface area contributed by atoms with Crippen LogP contribution in [-0.2, 0) is 57.5 Å². The van der Waals surface area contributed by atoms with Gasteiger partial charge in [-0.1, -0.05) is 114 Å². The Morgan fingerprint density at radius 3 is 1.38 bits per heavy atom. The molecule has 0 aromatic carbocycles. The van der Waals surface area contributed by atoms with Gasteiger partial charge in [-0.3, -0.25) is 52.7 Å². The van der Waals surface area contributed by atoms with Crippen molar-refractivity contribution >= 4 is 65.0 Å². The third-order valence-corrected chi connectivity index (χ3v) is 16.8. The number of aliphatic hydroxyl groups excluding tert-OH is 1. The second-order valence-electron chi connectivity index (χ2n) is 26.3. The minimum Gasteiger partial charge on any atom is -0.390 e. The fourth-order valence-corrected chi connectivity index (χ4v) is 11.5. The van der Waals surface area contributed by atoms with Gasteiger partial charge in [-0.15, -0.1) is 13.2 Å². The molecule has 24 heteroatoms. The Bertz CT molecular complexity index is 2500. The van der Waals surface area contributed by atoms with Crippen LogP contribution in [0, 0.1) is 35.5 Å². The highest BCUT2D eigenvalue weighted by molar-refractivity contribution is 6.00. The van der Waals surface area contributed by atoms with Crippen LogP contribution in [0.2, 0.25) is 0 Å². The number of amides is 11. The van der Waals surface area contributed by atoms with E-state index < -0.39 is 161 Å². The molecule has 0 radical (unpaired) electrons. The molecular weight excluding hydrogens is 1150 g/mol. The van der Waals surface area contributed by atoms with Crippen molar-refractivity contribution in [1.29, 1.82) is 0 Å². The largest absolute Gasteiger partial charge is 0.390 e. The minimum atomic E-state index is -1.68. The number of nitrogens with zero attached hydrogens (tertiary/aromatic N) is 7. The number of nitrogens with one attached hydrogen (secondary N) is 4. The van der Waals surface area contributed by atoms with Gasteiger partial charge in [0.15, 0.2) is 0 Å². The molecule has 5 N–H and O–H groups in total. The number of aliphatic hydroxyl groups is 1. The van der Waals surface area contributed by atoms with Gasteiger partial charge in [-0.2, -0.15) is 0 Å². The Morgan fingerprint density at radius 2 is 0.922 bits per heavy atom. The summed E-state index contributed by atoms with van der Waals surface area (Å²) in [5.74, 6) is -10.4. The highest BCUT2D eigenvalue weighted by Crippen LogP contribution is 2.26. The van der Waals surface area contributed by atoms with Crippen LogP contribution in [0.4, 0.5) is 0 Å². The Morgan fingerprint density at radius 1 is 0.478 bits per heavy atom. The SMILES string of the molecule is C=CCO[C@H](C)C1C(=O)N[C@@H](C(C)C)C(=O)N(C)[C@@H](CC(C)C)C(=O)N[C@@H](C)C(=O)N[C@H](C)C(=O)N(C)[C@@H](CC(C)C)C(=O)N(C)[C@@H](CC(C)C)C(=O)N(C)[C@@H](C(C)C)C(=O)N(C)[C@@H]([C@H](O)[C@H](C)/C=C/C)C(=O)N[C@@H](CC)C(=O)N(CC=C)[C@H](CC)C(=O)N1C. The molecule has 1 saturated heterocycles. The lowest BCUT2D eigenvalue weighted by molar-refractivity contribution is -0.157. The van der Waals surface area contributed by atoms with Crippen molar-refractivity contribution in [3.8, 4) is 0 Å². The quantitative estimate of drug-likeness (QED) is 0.115. The van der Waals surface area contributed by atoms with E-state index in [1.54, 1.807) is 74.5 Å². The van der Waals surface area contributed by atoms with Crippen molar-refractivity contribution in [2.24, 2.45) is 35.5 Å². The van der Waals surface area contributed by atoms with E-state index in [4.69, 9.17) is 4.74 Å². The fourth-order valence-electron chi connectivity index (χ4n) is 11.5. The normalized spacial score (nSPS) is 27.1. The van der Waals surface area contributed by atoms with Crippen LogP contribution in [-0.4, -0.2) is 238 Å². The van der Waals surface area contributed by atoms with Crippen molar-refractivity contribution in [2.45, 2.75) is 228 Å². The molecule has 1 fully saturated rings. The van der Waals surface area contributed by atoms with Gasteiger partial charge in [0.2, 0.25) is 65.0 Å².